The van der Waals surface area contributed by atoms with Crippen LogP contribution in [0.1, 0.15) is 11.1 Å². The summed E-state index contributed by atoms with van der Waals surface area (Å²) in [6.45, 7) is 0.664. The van der Waals surface area contributed by atoms with Crippen LogP contribution in [0.2, 0.25) is 4.47 Å². The molecule has 5 nitrogen and oxygen atoms in total. The van der Waals surface area contributed by atoms with Crippen LogP contribution < -0.4 is 0 Å². The van der Waals surface area contributed by atoms with E-state index in [0.717, 1.165) is 22.5 Å². The van der Waals surface area contributed by atoms with Gasteiger partial charge in [-0.2, -0.15) is 4.31 Å². The Hall–Kier alpha value is -1.15. The number of aromatic nitrogens is 1. The zero-order valence-corrected chi connectivity index (χ0v) is 12.7. The van der Waals surface area contributed by atoms with Gasteiger partial charge in [-0.3, -0.25) is 0 Å². The van der Waals surface area contributed by atoms with Crippen LogP contribution in [0.5, 0.6) is 5.75 Å². The third-order valence-corrected chi connectivity index (χ3v) is 6.61. The third kappa shape index (κ3) is 2.42. The molecule has 0 bridgehead atoms. The van der Waals surface area contributed by atoms with Crippen molar-refractivity contribution in [1.29, 1.82) is 0 Å². The van der Waals surface area contributed by atoms with Crippen LogP contribution in [-0.4, -0.2) is 29.4 Å². The molecule has 0 atom stereocenters. The summed E-state index contributed by atoms with van der Waals surface area (Å²) in [6, 6.07) is 5.06. The number of nitrogens with zero attached hydrogens (tertiary/aromatic N) is 2. The first-order chi connectivity index (χ1) is 9.46. The molecule has 0 unspecified atom stereocenters. The summed E-state index contributed by atoms with van der Waals surface area (Å²) >= 11 is 6.65. The quantitative estimate of drug-likeness (QED) is 0.916. The monoisotopic (exact) mass is 330 g/mol. The second-order valence-electron chi connectivity index (χ2n) is 4.47. The standard InChI is InChI=1S/C12H11ClN2O3S2/c13-12-14-6-11(19-12)20(17,18)15-4-3-8-1-2-10(16)5-9(8)7-15/h1-2,5-6,16H,3-4,7H2. The van der Waals surface area contributed by atoms with Crippen LogP contribution in [0.4, 0.5) is 0 Å². The van der Waals surface area contributed by atoms with Gasteiger partial charge in [-0.15, -0.1) is 0 Å². The van der Waals surface area contributed by atoms with Crippen molar-refractivity contribution < 1.29 is 13.5 Å². The van der Waals surface area contributed by atoms with Crippen LogP contribution in [0.3, 0.4) is 0 Å². The second kappa shape index (κ2) is 5.00. The third-order valence-electron chi connectivity index (χ3n) is 3.22. The van der Waals surface area contributed by atoms with Gasteiger partial charge in [0.05, 0.1) is 6.20 Å². The topological polar surface area (TPSA) is 70.5 Å². The van der Waals surface area contributed by atoms with E-state index in [-0.39, 0.29) is 21.0 Å². The van der Waals surface area contributed by atoms with Gasteiger partial charge < -0.3 is 5.11 Å². The molecule has 106 valence electrons. The molecule has 0 spiro atoms. The minimum Gasteiger partial charge on any atom is -0.508 e. The maximum atomic E-state index is 12.5. The lowest BCUT2D eigenvalue weighted by molar-refractivity contribution is 0.390. The number of hydrogen-bond donors (Lipinski definition) is 1. The number of phenolic OH excluding ortho intramolecular Hbond substituents is 1. The molecular formula is C12H11ClN2O3S2. The summed E-state index contributed by atoms with van der Waals surface area (Å²) in [5.41, 5.74) is 1.90. The molecule has 8 heteroatoms. The van der Waals surface area contributed by atoms with Gasteiger partial charge in [0.15, 0.2) is 8.68 Å². The fourth-order valence-corrected chi connectivity index (χ4v) is 5.08. The molecule has 3 rings (SSSR count). The van der Waals surface area contributed by atoms with Crippen LogP contribution in [0.15, 0.2) is 28.6 Å². The van der Waals surface area contributed by atoms with Gasteiger partial charge in [0.25, 0.3) is 10.0 Å². The second-order valence-corrected chi connectivity index (χ2v) is 8.25. The predicted octanol–water partition coefficient (Wildman–Crippen LogP) is 2.25. The molecule has 0 fully saturated rings. The van der Waals surface area contributed by atoms with E-state index in [0.29, 0.717) is 13.0 Å². The Bertz CT molecular complexity index is 758. The highest BCUT2D eigenvalue weighted by Crippen LogP contribution is 2.30. The van der Waals surface area contributed by atoms with Crippen molar-refractivity contribution in [2.24, 2.45) is 0 Å². The van der Waals surface area contributed by atoms with Crippen molar-refractivity contribution >= 4 is 33.0 Å². The van der Waals surface area contributed by atoms with E-state index in [2.05, 4.69) is 4.98 Å². The summed E-state index contributed by atoms with van der Waals surface area (Å²) < 4.78 is 26.7. The smallest absolute Gasteiger partial charge is 0.254 e. The van der Waals surface area contributed by atoms with E-state index in [1.165, 1.54) is 10.5 Å². The van der Waals surface area contributed by atoms with Gasteiger partial charge in [-0.1, -0.05) is 29.0 Å². The van der Waals surface area contributed by atoms with Gasteiger partial charge in [0.2, 0.25) is 0 Å². The van der Waals surface area contributed by atoms with Crippen molar-refractivity contribution in [3.8, 4) is 5.75 Å². The van der Waals surface area contributed by atoms with Crippen molar-refractivity contribution in [2.75, 3.05) is 6.54 Å². The van der Waals surface area contributed by atoms with Crippen molar-refractivity contribution in [1.82, 2.24) is 9.29 Å². The van der Waals surface area contributed by atoms with Gasteiger partial charge >= 0.3 is 0 Å². The summed E-state index contributed by atoms with van der Waals surface area (Å²) in [6.07, 6.45) is 1.90. The van der Waals surface area contributed by atoms with Gasteiger partial charge in [-0.25, -0.2) is 13.4 Å². The summed E-state index contributed by atoms with van der Waals surface area (Å²) in [5, 5.41) is 9.50. The lowest BCUT2D eigenvalue weighted by atomic mass is 10.0. The molecule has 20 heavy (non-hydrogen) atoms. The number of fused-ring (bicyclic) bond motifs is 1. The summed E-state index contributed by atoms with van der Waals surface area (Å²) in [7, 11) is -3.57. The SMILES string of the molecule is O=S(=O)(c1cnc(Cl)s1)N1CCc2ccc(O)cc2C1. The number of halogens is 1. The Kier molecular flexibility index (Phi) is 3.45. The average molecular weight is 331 g/mol. The molecule has 0 radical (unpaired) electrons. The fourth-order valence-electron chi connectivity index (χ4n) is 2.21. The van der Waals surface area contributed by atoms with Crippen molar-refractivity contribution in [2.45, 2.75) is 17.2 Å². The first kappa shape index (κ1) is 13.8. The Morgan fingerprint density at radius 1 is 1.35 bits per heavy atom. The summed E-state index contributed by atoms with van der Waals surface area (Å²) in [4.78, 5) is 3.77. The average Bonchev–Trinajstić information content (AvgIpc) is 2.85. The highest BCUT2D eigenvalue weighted by atomic mass is 35.5. The molecule has 2 aromatic rings. The van der Waals surface area contributed by atoms with Crippen LogP contribution in [-0.2, 0) is 23.0 Å². The maximum Gasteiger partial charge on any atom is 0.254 e. The van der Waals surface area contributed by atoms with E-state index in [4.69, 9.17) is 11.6 Å². The van der Waals surface area contributed by atoms with E-state index in [9.17, 15) is 13.5 Å². The number of rotatable bonds is 2. The maximum absolute atomic E-state index is 12.5. The molecule has 1 aromatic carbocycles. The molecule has 1 aliphatic heterocycles. The Morgan fingerprint density at radius 2 is 2.15 bits per heavy atom. The molecule has 0 saturated heterocycles. The zero-order chi connectivity index (χ0) is 14.3. The number of hydrogen-bond acceptors (Lipinski definition) is 5. The first-order valence-electron chi connectivity index (χ1n) is 5.89. The Morgan fingerprint density at radius 3 is 2.85 bits per heavy atom. The first-order valence-corrected chi connectivity index (χ1v) is 8.52. The minimum atomic E-state index is -3.57. The zero-order valence-electron chi connectivity index (χ0n) is 10.3. The van der Waals surface area contributed by atoms with E-state index < -0.39 is 10.0 Å². The Labute approximate surface area is 125 Å². The van der Waals surface area contributed by atoms with E-state index in [1.807, 2.05) is 6.07 Å². The number of phenols is 1. The van der Waals surface area contributed by atoms with Crippen molar-refractivity contribution in [3.63, 3.8) is 0 Å². The Balaban J connectivity index is 1.93. The molecule has 2 heterocycles. The van der Waals surface area contributed by atoms with Gasteiger partial charge in [0.1, 0.15) is 5.75 Å². The van der Waals surface area contributed by atoms with Gasteiger partial charge in [-0.05, 0) is 29.7 Å². The van der Waals surface area contributed by atoms with E-state index >= 15 is 0 Å². The predicted molar refractivity (Wildman–Crippen MR) is 76.5 cm³/mol. The summed E-state index contributed by atoms with van der Waals surface area (Å²) in [5.74, 6) is 0.142. The van der Waals surface area contributed by atoms with E-state index in [1.54, 1.807) is 12.1 Å². The molecule has 0 amide bonds. The normalized spacial score (nSPS) is 16.1. The molecule has 0 saturated carbocycles. The highest BCUT2D eigenvalue weighted by molar-refractivity contribution is 7.91. The molecule has 1 aliphatic rings. The minimum absolute atomic E-state index is 0.142. The lowest BCUT2D eigenvalue weighted by Gasteiger charge is -2.27. The highest BCUT2D eigenvalue weighted by Gasteiger charge is 2.30. The fraction of sp³-hybridized carbons (Fsp3) is 0.250. The molecule has 1 aromatic heterocycles. The number of thiazole rings is 1. The molecule has 0 aliphatic carbocycles. The number of benzene rings is 1. The van der Waals surface area contributed by atoms with Gasteiger partial charge in [0, 0.05) is 13.1 Å². The molecule has 1 N–H and O–H groups in total. The molecular weight excluding hydrogens is 320 g/mol. The number of aromatic hydroxyl groups is 1. The largest absolute Gasteiger partial charge is 0.508 e. The van der Waals surface area contributed by atoms with Crippen LogP contribution in [0, 0.1) is 0 Å². The van der Waals surface area contributed by atoms with Crippen LogP contribution in [0.25, 0.3) is 0 Å². The van der Waals surface area contributed by atoms with Crippen molar-refractivity contribution in [3.05, 3.63) is 40.0 Å². The van der Waals surface area contributed by atoms with Crippen LogP contribution >= 0.6 is 22.9 Å². The lowest BCUT2D eigenvalue weighted by Crippen LogP contribution is -2.35. The number of sulfonamides is 1.